The maximum Gasteiger partial charge on any atom is 0.573 e. The van der Waals surface area contributed by atoms with Gasteiger partial charge in [0.05, 0.1) is 0 Å². The van der Waals surface area contributed by atoms with Crippen molar-refractivity contribution >= 4 is 5.82 Å². The molecular formula is C15H15F3N4O4. The molecule has 1 aliphatic rings. The molecule has 0 radical (unpaired) electrons. The Labute approximate surface area is 145 Å². The molecule has 2 aromatic rings. The smallest absolute Gasteiger partial charge is 0.444 e. The van der Waals surface area contributed by atoms with Gasteiger partial charge in [-0.25, -0.2) is 0 Å². The first-order chi connectivity index (χ1) is 12.3. The number of alkyl halides is 3. The lowest BCUT2D eigenvalue weighted by molar-refractivity contribution is -0.389. The molecule has 1 aliphatic heterocycles. The van der Waals surface area contributed by atoms with Crippen LogP contribution in [-0.2, 0) is 13.1 Å². The molecule has 0 bridgehead atoms. The van der Waals surface area contributed by atoms with Gasteiger partial charge < -0.3 is 19.6 Å². The number of aromatic nitrogens is 2. The van der Waals surface area contributed by atoms with E-state index in [2.05, 4.69) is 9.72 Å². The van der Waals surface area contributed by atoms with Crippen molar-refractivity contribution < 1.29 is 27.6 Å². The minimum absolute atomic E-state index is 0.213. The number of nitro groups is 1. The predicted molar refractivity (Wildman–Crippen MR) is 82.8 cm³/mol. The maximum atomic E-state index is 12.2. The van der Waals surface area contributed by atoms with E-state index in [4.69, 9.17) is 4.74 Å². The number of fused-ring (bicyclic) bond motifs is 1. The molecule has 0 spiro atoms. The van der Waals surface area contributed by atoms with Gasteiger partial charge in [0.1, 0.15) is 18.6 Å². The number of imidazole rings is 1. The minimum atomic E-state index is -4.72. The summed E-state index contributed by atoms with van der Waals surface area (Å²) in [5.74, 6) is -0.540. The first-order valence-electron chi connectivity index (χ1n) is 7.71. The third-order valence-electron chi connectivity index (χ3n) is 3.77. The van der Waals surface area contributed by atoms with E-state index in [1.807, 2.05) is 4.90 Å². The van der Waals surface area contributed by atoms with Gasteiger partial charge in [0.25, 0.3) is 0 Å². The first kappa shape index (κ1) is 18.0. The average Bonchev–Trinajstić information content (AvgIpc) is 2.93. The predicted octanol–water partition coefficient (Wildman–Crippen LogP) is 2.58. The van der Waals surface area contributed by atoms with Gasteiger partial charge in [0.15, 0.2) is 0 Å². The number of rotatable bonds is 4. The molecule has 0 amide bonds. The second-order valence-corrected chi connectivity index (χ2v) is 5.65. The van der Waals surface area contributed by atoms with Crippen molar-refractivity contribution in [2.24, 2.45) is 0 Å². The SMILES string of the molecule is O=[N+]([O-])c1cn2c(n1)OCCN(Cc1ccc(OC(F)(F)F)cc1)CC2. The number of benzene rings is 1. The van der Waals surface area contributed by atoms with Crippen molar-refractivity contribution in [2.45, 2.75) is 19.5 Å². The van der Waals surface area contributed by atoms with Gasteiger partial charge in [-0.1, -0.05) is 12.1 Å². The van der Waals surface area contributed by atoms with Gasteiger partial charge in [-0.15, -0.1) is 13.2 Å². The summed E-state index contributed by atoms with van der Waals surface area (Å²) >= 11 is 0. The summed E-state index contributed by atoms with van der Waals surface area (Å²) in [4.78, 5) is 16.1. The van der Waals surface area contributed by atoms with E-state index in [0.717, 1.165) is 5.56 Å². The van der Waals surface area contributed by atoms with E-state index >= 15 is 0 Å². The number of ether oxygens (including phenoxy) is 2. The summed E-state index contributed by atoms with van der Waals surface area (Å²) < 4.78 is 47.4. The molecule has 0 saturated heterocycles. The molecule has 26 heavy (non-hydrogen) atoms. The topological polar surface area (TPSA) is 82.7 Å². The van der Waals surface area contributed by atoms with Crippen LogP contribution in [0.15, 0.2) is 30.5 Å². The van der Waals surface area contributed by atoms with Crippen molar-refractivity contribution in [1.82, 2.24) is 14.5 Å². The van der Waals surface area contributed by atoms with Crippen LogP contribution in [0.2, 0.25) is 0 Å². The van der Waals surface area contributed by atoms with E-state index in [1.54, 1.807) is 16.7 Å². The molecule has 0 fully saturated rings. The van der Waals surface area contributed by atoms with E-state index in [1.165, 1.54) is 18.3 Å². The fourth-order valence-electron chi connectivity index (χ4n) is 2.59. The van der Waals surface area contributed by atoms with Crippen molar-refractivity contribution in [3.63, 3.8) is 0 Å². The highest BCUT2D eigenvalue weighted by Gasteiger charge is 2.31. The van der Waals surface area contributed by atoms with Crippen LogP contribution in [-0.4, -0.2) is 45.4 Å². The summed E-state index contributed by atoms with van der Waals surface area (Å²) in [6.07, 6.45) is -3.39. The Hall–Kier alpha value is -2.82. The van der Waals surface area contributed by atoms with Crippen molar-refractivity contribution in [1.29, 1.82) is 0 Å². The minimum Gasteiger partial charge on any atom is -0.444 e. The lowest BCUT2D eigenvalue weighted by Gasteiger charge is -2.24. The third kappa shape index (κ3) is 4.63. The van der Waals surface area contributed by atoms with E-state index in [-0.39, 0.29) is 17.6 Å². The van der Waals surface area contributed by atoms with Crippen LogP contribution >= 0.6 is 0 Å². The van der Waals surface area contributed by atoms with Gasteiger partial charge in [-0.2, -0.15) is 0 Å². The van der Waals surface area contributed by atoms with Crippen LogP contribution in [0.5, 0.6) is 11.8 Å². The van der Waals surface area contributed by atoms with Crippen LogP contribution in [0.25, 0.3) is 0 Å². The molecule has 8 nitrogen and oxygen atoms in total. The second kappa shape index (κ2) is 7.20. The molecule has 0 aliphatic carbocycles. The monoisotopic (exact) mass is 372 g/mol. The zero-order chi connectivity index (χ0) is 18.7. The van der Waals surface area contributed by atoms with E-state index in [9.17, 15) is 23.3 Å². The standard InChI is InChI=1S/C15H15F3N4O4/c16-15(17,18)26-12-3-1-11(2-4-12)9-20-5-6-21-10-13(22(23)24)19-14(21)25-8-7-20/h1-4,10H,5-9H2. The van der Waals surface area contributed by atoms with E-state index < -0.39 is 11.3 Å². The second-order valence-electron chi connectivity index (χ2n) is 5.65. The Morgan fingerprint density at radius 3 is 2.62 bits per heavy atom. The van der Waals surface area contributed by atoms with Gasteiger partial charge in [0, 0.05) is 31.2 Å². The molecule has 140 valence electrons. The highest BCUT2D eigenvalue weighted by atomic mass is 19.4. The van der Waals surface area contributed by atoms with Crippen molar-refractivity contribution in [3.05, 3.63) is 46.1 Å². The number of nitrogens with zero attached hydrogens (tertiary/aromatic N) is 4. The van der Waals surface area contributed by atoms with Crippen LogP contribution < -0.4 is 9.47 Å². The summed E-state index contributed by atoms with van der Waals surface area (Å²) in [7, 11) is 0. The average molecular weight is 372 g/mol. The number of hydrogen-bond acceptors (Lipinski definition) is 6. The Kier molecular flexibility index (Phi) is 4.98. The zero-order valence-electron chi connectivity index (χ0n) is 13.5. The van der Waals surface area contributed by atoms with Gasteiger partial charge in [-0.05, 0) is 22.6 Å². The van der Waals surface area contributed by atoms with Crippen LogP contribution in [0.1, 0.15) is 5.56 Å². The molecule has 0 atom stereocenters. The summed E-state index contributed by atoms with van der Waals surface area (Å²) in [6, 6.07) is 5.87. The summed E-state index contributed by atoms with van der Waals surface area (Å²) in [5, 5.41) is 10.8. The van der Waals surface area contributed by atoms with E-state index in [0.29, 0.717) is 32.8 Å². The number of halogens is 3. The molecule has 11 heteroatoms. The Balaban J connectivity index is 1.61. The fraction of sp³-hybridized carbons (Fsp3) is 0.400. The highest BCUT2D eigenvalue weighted by molar-refractivity contribution is 5.27. The number of hydrogen-bond donors (Lipinski definition) is 0. The molecule has 0 saturated carbocycles. The van der Waals surface area contributed by atoms with Crippen LogP contribution in [0.4, 0.5) is 19.0 Å². The Bertz CT molecular complexity index is 776. The molecule has 3 rings (SSSR count). The molecule has 1 aromatic carbocycles. The Morgan fingerprint density at radius 2 is 1.96 bits per heavy atom. The molecule has 0 N–H and O–H groups in total. The molecule has 0 unspecified atom stereocenters. The van der Waals surface area contributed by atoms with Crippen LogP contribution in [0.3, 0.4) is 0 Å². The largest absolute Gasteiger partial charge is 0.573 e. The lowest BCUT2D eigenvalue weighted by atomic mass is 10.2. The Morgan fingerprint density at radius 1 is 1.23 bits per heavy atom. The van der Waals surface area contributed by atoms with Gasteiger partial charge in [0.2, 0.25) is 0 Å². The fourth-order valence-corrected chi connectivity index (χ4v) is 2.59. The molecule has 2 heterocycles. The van der Waals surface area contributed by atoms with Crippen molar-refractivity contribution in [3.8, 4) is 11.8 Å². The maximum absolute atomic E-state index is 12.2. The zero-order valence-corrected chi connectivity index (χ0v) is 13.5. The lowest BCUT2D eigenvalue weighted by Crippen LogP contribution is -2.33. The normalized spacial score (nSPS) is 15.5. The van der Waals surface area contributed by atoms with Crippen LogP contribution in [0, 0.1) is 10.1 Å². The van der Waals surface area contributed by atoms with Gasteiger partial charge in [-0.3, -0.25) is 9.47 Å². The molecular weight excluding hydrogens is 357 g/mol. The first-order valence-corrected chi connectivity index (χ1v) is 7.71. The third-order valence-corrected chi connectivity index (χ3v) is 3.77. The summed E-state index contributed by atoms with van der Waals surface area (Å²) in [5.41, 5.74) is 0.817. The van der Waals surface area contributed by atoms with Gasteiger partial charge >= 0.3 is 18.2 Å². The van der Waals surface area contributed by atoms with Crippen molar-refractivity contribution in [2.75, 3.05) is 19.7 Å². The molecule has 1 aromatic heterocycles. The summed E-state index contributed by atoms with van der Waals surface area (Å²) in [6.45, 7) is 2.39. The highest BCUT2D eigenvalue weighted by Crippen LogP contribution is 2.23. The quantitative estimate of drug-likeness (QED) is 0.606.